The van der Waals surface area contributed by atoms with Gasteiger partial charge in [0.2, 0.25) is 0 Å². The third kappa shape index (κ3) is 3.16. The Bertz CT molecular complexity index is 1200. The molecule has 0 nitrogen and oxygen atoms in total. The highest BCUT2D eigenvalue weighted by Crippen LogP contribution is 2.53. The average molecular weight is 419 g/mol. The molecule has 5 rings (SSSR count). The Balaban J connectivity index is 0.000000994. The first-order chi connectivity index (χ1) is 14.0. The van der Waals surface area contributed by atoms with E-state index in [2.05, 4.69) is 68.4 Å². The molecule has 146 valence electrons. The summed E-state index contributed by atoms with van der Waals surface area (Å²) in [7, 11) is 0. The molecule has 0 N–H and O–H groups in total. The molecule has 0 saturated carbocycles. The molecule has 0 radical (unpaired) electrons. The molecule has 4 aromatic carbocycles. The van der Waals surface area contributed by atoms with Crippen molar-refractivity contribution in [2.24, 2.45) is 0 Å². The second-order valence-electron chi connectivity index (χ2n) is 7.72. The van der Waals surface area contributed by atoms with Crippen LogP contribution in [-0.2, 0) is 5.41 Å². The summed E-state index contributed by atoms with van der Waals surface area (Å²) in [4.78, 5) is 0. The van der Waals surface area contributed by atoms with E-state index in [0.29, 0.717) is 10.0 Å². The SMILES string of the molecule is CC.CC1(C)c2ccccc2-c2c1cc(-c1cc(Cl)cc(Cl)c1)c1ccccc21. The fourth-order valence-corrected chi connectivity index (χ4v) is 5.02. The van der Waals surface area contributed by atoms with E-state index in [-0.39, 0.29) is 5.41 Å². The molecule has 29 heavy (non-hydrogen) atoms. The summed E-state index contributed by atoms with van der Waals surface area (Å²) in [5.41, 5.74) is 7.60. The fraction of sp³-hybridized carbons (Fsp3) is 0.185. The lowest BCUT2D eigenvalue weighted by atomic mass is 9.80. The third-order valence-electron chi connectivity index (χ3n) is 5.76. The van der Waals surface area contributed by atoms with Crippen molar-refractivity contribution in [2.75, 3.05) is 0 Å². The maximum atomic E-state index is 6.31. The quantitative estimate of drug-likeness (QED) is 0.289. The van der Waals surface area contributed by atoms with Gasteiger partial charge < -0.3 is 0 Å². The van der Waals surface area contributed by atoms with Crippen molar-refractivity contribution in [2.45, 2.75) is 33.1 Å². The Kier molecular flexibility index (Phi) is 5.19. The molecule has 2 heteroatoms. The molecule has 1 aliphatic rings. The van der Waals surface area contributed by atoms with E-state index in [0.717, 1.165) is 5.56 Å². The van der Waals surface area contributed by atoms with Crippen molar-refractivity contribution < 1.29 is 0 Å². The molecule has 0 atom stereocenters. The molecular weight excluding hydrogens is 395 g/mol. The summed E-state index contributed by atoms with van der Waals surface area (Å²) in [5.74, 6) is 0. The van der Waals surface area contributed by atoms with Crippen LogP contribution >= 0.6 is 23.2 Å². The molecule has 1 aliphatic carbocycles. The third-order valence-corrected chi connectivity index (χ3v) is 6.20. The number of hydrogen-bond donors (Lipinski definition) is 0. The summed E-state index contributed by atoms with van der Waals surface area (Å²) < 4.78 is 0. The first kappa shape index (κ1) is 20.0. The summed E-state index contributed by atoms with van der Waals surface area (Å²) in [6.45, 7) is 8.61. The Morgan fingerprint density at radius 3 is 1.90 bits per heavy atom. The Hall–Kier alpha value is -2.28. The number of hydrogen-bond acceptors (Lipinski definition) is 0. The Morgan fingerprint density at radius 2 is 1.21 bits per heavy atom. The lowest BCUT2D eigenvalue weighted by molar-refractivity contribution is 0.661. The topological polar surface area (TPSA) is 0 Å². The smallest absolute Gasteiger partial charge is 0.0426 e. The van der Waals surface area contributed by atoms with Crippen LogP contribution in [0, 0.1) is 0 Å². The van der Waals surface area contributed by atoms with Gasteiger partial charge >= 0.3 is 0 Å². The van der Waals surface area contributed by atoms with E-state index in [1.165, 1.54) is 38.6 Å². The van der Waals surface area contributed by atoms with Gasteiger partial charge in [-0.1, -0.05) is 99.4 Å². The van der Waals surface area contributed by atoms with Crippen LogP contribution < -0.4 is 0 Å². The molecule has 0 heterocycles. The molecule has 0 aliphatic heterocycles. The van der Waals surface area contributed by atoms with Crippen LogP contribution in [0.2, 0.25) is 10.0 Å². The zero-order valence-electron chi connectivity index (χ0n) is 17.2. The fourth-order valence-electron chi connectivity index (χ4n) is 4.50. The van der Waals surface area contributed by atoms with E-state index >= 15 is 0 Å². The summed E-state index contributed by atoms with van der Waals surface area (Å²) in [5, 5.41) is 3.82. The van der Waals surface area contributed by atoms with Crippen molar-refractivity contribution in [1.29, 1.82) is 0 Å². The van der Waals surface area contributed by atoms with E-state index in [4.69, 9.17) is 23.2 Å². The van der Waals surface area contributed by atoms with Crippen LogP contribution in [-0.4, -0.2) is 0 Å². The first-order valence-corrected chi connectivity index (χ1v) is 10.8. The van der Waals surface area contributed by atoms with E-state index in [1.54, 1.807) is 6.07 Å². The first-order valence-electron chi connectivity index (χ1n) is 10.1. The standard InChI is InChI=1S/C25H18Cl2.C2H6/c1-25(2)22-10-6-5-9-20(22)24-19-8-4-3-7-18(19)21(14-23(24)25)15-11-16(26)13-17(27)12-15;1-2/h3-14H,1-2H3;1-2H3. The van der Waals surface area contributed by atoms with Crippen molar-refractivity contribution >= 4 is 34.0 Å². The van der Waals surface area contributed by atoms with Crippen LogP contribution in [0.3, 0.4) is 0 Å². The highest BCUT2D eigenvalue weighted by Gasteiger charge is 2.36. The van der Waals surface area contributed by atoms with Gasteiger partial charge in [-0.2, -0.15) is 0 Å². The summed E-state index contributed by atoms with van der Waals surface area (Å²) in [6, 6.07) is 25.5. The molecule has 0 amide bonds. The minimum Gasteiger partial charge on any atom is -0.0843 e. The van der Waals surface area contributed by atoms with Crippen molar-refractivity contribution in [1.82, 2.24) is 0 Å². The normalized spacial score (nSPS) is 13.4. The van der Waals surface area contributed by atoms with Crippen molar-refractivity contribution in [3.63, 3.8) is 0 Å². The van der Waals surface area contributed by atoms with Crippen LogP contribution in [0.1, 0.15) is 38.8 Å². The van der Waals surface area contributed by atoms with Crippen LogP contribution in [0.4, 0.5) is 0 Å². The van der Waals surface area contributed by atoms with Crippen molar-refractivity contribution in [3.8, 4) is 22.3 Å². The van der Waals surface area contributed by atoms with Crippen LogP contribution in [0.5, 0.6) is 0 Å². The second-order valence-corrected chi connectivity index (χ2v) is 8.59. The monoisotopic (exact) mass is 418 g/mol. The van der Waals surface area contributed by atoms with Gasteiger partial charge in [0.05, 0.1) is 0 Å². The van der Waals surface area contributed by atoms with Gasteiger partial charge in [0.1, 0.15) is 0 Å². The molecule has 0 unspecified atom stereocenters. The molecule has 0 spiro atoms. The maximum Gasteiger partial charge on any atom is 0.0426 e. The minimum atomic E-state index is -0.0485. The molecular formula is C27H24Cl2. The Labute approximate surface area is 183 Å². The lowest BCUT2D eigenvalue weighted by Gasteiger charge is -2.23. The van der Waals surface area contributed by atoms with Gasteiger partial charge in [-0.05, 0) is 68.4 Å². The predicted octanol–water partition coefficient (Wildman–Crippen LogP) is 9.15. The van der Waals surface area contributed by atoms with Gasteiger partial charge in [0.15, 0.2) is 0 Å². The van der Waals surface area contributed by atoms with E-state index < -0.39 is 0 Å². The van der Waals surface area contributed by atoms with Gasteiger partial charge in [-0.3, -0.25) is 0 Å². The molecule has 0 bridgehead atoms. The molecule has 0 fully saturated rings. The summed E-state index contributed by atoms with van der Waals surface area (Å²) in [6.07, 6.45) is 0. The second kappa shape index (κ2) is 7.52. The highest BCUT2D eigenvalue weighted by molar-refractivity contribution is 6.35. The van der Waals surface area contributed by atoms with Crippen molar-refractivity contribution in [3.05, 3.63) is 94.0 Å². The number of halogens is 2. The van der Waals surface area contributed by atoms with E-state index in [9.17, 15) is 0 Å². The predicted molar refractivity (Wildman–Crippen MR) is 128 cm³/mol. The van der Waals surface area contributed by atoms with Gasteiger partial charge in [-0.25, -0.2) is 0 Å². The van der Waals surface area contributed by atoms with Gasteiger partial charge in [0.25, 0.3) is 0 Å². The lowest BCUT2D eigenvalue weighted by Crippen LogP contribution is -2.15. The zero-order valence-corrected chi connectivity index (χ0v) is 18.7. The average Bonchev–Trinajstić information content (AvgIpc) is 2.96. The number of fused-ring (bicyclic) bond motifs is 5. The van der Waals surface area contributed by atoms with Gasteiger partial charge in [0, 0.05) is 15.5 Å². The molecule has 0 saturated heterocycles. The zero-order chi connectivity index (χ0) is 20.8. The van der Waals surface area contributed by atoms with Crippen LogP contribution in [0.15, 0.2) is 72.8 Å². The Morgan fingerprint density at radius 1 is 0.621 bits per heavy atom. The highest BCUT2D eigenvalue weighted by atomic mass is 35.5. The number of rotatable bonds is 1. The van der Waals surface area contributed by atoms with E-state index in [1.807, 2.05) is 26.0 Å². The molecule has 4 aromatic rings. The largest absolute Gasteiger partial charge is 0.0843 e. The maximum absolute atomic E-state index is 6.31. The molecule has 0 aromatic heterocycles. The minimum absolute atomic E-state index is 0.0485. The number of benzene rings is 4. The van der Waals surface area contributed by atoms with Crippen LogP contribution in [0.25, 0.3) is 33.0 Å². The van der Waals surface area contributed by atoms with Gasteiger partial charge in [-0.15, -0.1) is 0 Å². The summed E-state index contributed by atoms with van der Waals surface area (Å²) >= 11 is 12.6.